The maximum Gasteiger partial charge on any atom is 0.336 e. The molecule has 1 aliphatic rings. The molecule has 3 unspecified atom stereocenters. The van der Waals surface area contributed by atoms with Crippen LogP contribution in [0, 0.1) is 16.0 Å². The van der Waals surface area contributed by atoms with E-state index in [1.54, 1.807) is 32.0 Å². The Labute approximate surface area is 232 Å². The zero-order chi connectivity index (χ0) is 29.2. The van der Waals surface area contributed by atoms with Gasteiger partial charge in [-0.15, -0.1) is 0 Å². The number of carbonyl (C=O) groups excluding carboxylic acids is 2. The molecule has 0 radical (unpaired) electrons. The molecule has 3 atom stereocenters. The van der Waals surface area contributed by atoms with E-state index in [1.807, 2.05) is 12.1 Å². The average molecular weight is 555 g/mol. The first kappa shape index (κ1) is 30.5. The number of esters is 2. The number of carbonyl (C=O) groups is 2. The van der Waals surface area contributed by atoms with Crippen LogP contribution in [-0.2, 0) is 25.5 Å². The fraction of sp³-hybridized carbons (Fsp3) is 0.414. The molecule has 0 saturated carbocycles. The Balaban J connectivity index is 1.71. The number of rotatable bonds is 13. The third-order valence-corrected chi connectivity index (χ3v) is 6.65. The first-order valence-electron chi connectivity index (χ1n) is 12.9. The van der Waals surface area contributed by atoms with Crippen molar-refractivity contribution in [2.45, 2.75) is 45.1 Å². The molecule has 2 aromatic rings. The van der Waals surface area contributed by atoms with Crippen molar-refractivity contribution in [2.24, 2.45) is 10.9 Å². The number of aliphatic imine (C=N–C) groups is 1. The molecule has 11 heteroatoms. The average Bonchev–Trinajstić information content (AvgIpc) is 2.95. The van der Waals surface area contributed by atoms with Crippen LogP contribution in [-0.4, -0.2) is 65.8 Å². The molecule has 0 aromatic heterocycles. The van der Waals surface area contributed by atoms with E-state index in [9.17, 15) is 24.8 Å². The van der Waals surface area contributed by atoms with E-state index in [4.69, 9.17) is 19.3 Å². The van der Waals surface area contributed by atoms with Gasteiger partial charge in [0.15, 0.2) is 0 Å². The van der Waals surface area contributed by atoms with Crippen LogP contribution < -0.4 is 4.74 Å². The van der Waals surface area contributed by atoms with E-state index in [1.165, 1.54) is 25.3 Å². The van der Waals surface area contributed by atoms with Crippen molar-refractivity contribution in [3.8, 4) is 5.75 Å². The number of hydrogen-bond acceptors (Lipinski definition) is 10. The van der Waals surface area contributed by atoms with Crippen molar-refractivity contribution in [2.75, 3.05) is 26.9 Å². The fourth-order valence-corrected chi connectivity index (χ4v) is 4.62. The maximum absolute atomic E-state index is 13.3. The van der Waals surface area contributed by atoms with Crippen molar-refractivity contribution in [3.63, 3.8) is 0 Å². The molecule has 1 aliphatic heterocycles. The lowest BCUT2D eigenvalue weighted by molar-refractivity contribution is -0.384. The Morgan fingerprint density at radius 3 is 2.50 bits per heavy atom. The number of methoxy groups -OCH3 is 1. The van der Waals surface area contributed by atoms with Gasteiger partial charge in [-0.3, -0.25) is 19.9 Å². The van der Waals surface area contributed by atoms with Gasteiger partial charge in [0.2, 0.25) is 0 Å². The lowest BCUT2D eigenvalue weighted by atomic mass is 9.75. The van der Waals surface area contributed by atoms with Crippen molar-refractivity contribution in [3.05, 3.63) is 81.0 Å². The number of nitro groups is 1. The number of aliphatic hydroxyl groups is 2. The quantitative estimate of drug-likeness (QED) is 0.164. The minimum atomic E-state index is -0.947. The molecule has 1 heterocycles. The number of ether oxygens (including phenoxy) is 3. The third-order valence-electron chi connectivity index (χ3n) is 6.65. The van der Waals surface area contributed by atoms with Crippen molar-refractivity contribution < 1.29 is 38.9 Å². The van der Waals surface area contributed by atoms with Gasteiger partial charge < -0.3 is 24.4 Å². The molecular weight excluding hydrogens is 520 g/mol. The van der Waals surface area contributed by atoms with Gasteiger partial charge in [-0.1, -0.05) is 24.3 Å². The van der Waals surface area contributed by atoms with E-state index >= 15 is 0 Å². The Morgan fingerprint density at radius 2 is 1.85 bits per heavy atom. The molecule has 0 aliphatic carbocycles. The van der Waals surface area contributed by atoms with E-state index in [-0.39, 0.29) is 24.5 Å². The Hall–Kier alpha value is -4.09. The van der Waals surface area contributed by atoms with Crippen molar-refractivity contribution in [1.29, 1.82) is 0 Å². The van der Waals surface area contributed by atoms with Crippen LogP contribution in [0.4, 0.5) is 5.69 Å². The summed E-state index contributed by atoms with van der Waals surface area (Å²) in [6.07, 6.45) is 0.728. The van der Waals surface area contributed by atoms with E-state index in [2.05, 4.69) is 4.99 Å². The van der Waals surface area contributed by atoms with Gasteiger partial charge in [0.1, 0.15) is 11.7 Å². The number of nitro benzene ring substituents is 1. The number of aliphatic hydroxyl groups excluding tert-OH is 2. The van der Waals surface area contributed by atoms with Crippen molar-refractivity contribution >= 4 is 23.3 Å². The number of non-ortho nitro benzene ring substituents is 1. The topological polar surface area (TPSA) is 158 Å². The zero-order valence-corrected chi connectivity index (χ0v) is 22.7. The second kappa shape index (κ2) is 14.3. The van der Waals surface area contributed by atoms with E-state index < -0.39 is 34.8 Å². The van der Waals surface area contributed by atoms with Crippen LogP contribution in [0.5, 0.6) is 5.75 Å². The molecule has 2 aromatic carbocycles. The molecule has 0 amide bonds. The smallest absolute Gasteiger partial charge is 0.336 e. The summed E-state index contributed by atoms with van der Waals surface area (Å²) in [4.78, 5) is 41.4. The molecule has 0 spiro atoms. The molecule has 2 N–H and O–H groups in total. The zero-order valence-electron chi connectivity index (χ0n) is 22.7. The van der Waals surface area contributed by atoms with Crippen LogP contribution in [0.1, 0.15) is 43.7 Å². The molecule has 40 heavy (non-hydrogen) atoms. The molecule has 0 saturated heterocycles. The summed E-state index contributed by atoms with van der Waals surface area (Å²) >= 11 is 0. The Kier molecular flexibility index (Phi) is 10.9. The number of benzene rings is 2. The first-order valence-corrected chi connectivity index (χ1v) is 12.9. The first-order chi connectivity index (χ1) is 19.2. The molecule has 11 nitrogen and oxygen atoms in total. The summed E-state index contributed by atoms with van der Waals surface area (Å²) in [5.41, 5.74) is 2.10. The Morgan fingerprint density at radius 1 is 1.12 bits per heavy atom. The largest absolute Gasteiger partial charge is 0.494 e. The van der Waals surface area contributed by atoms with Gasteiger partial charge in [-0.25, -0.2) is 4.79 Å². The highest BCUT2D eigenvalue weighted by molar-refractivity contribution is 6.07. The summed E-state index contributed by atoms with van der Waals surface area (Å²) < 4.78 is 16.2. The van der Waals surface area contributed by atoms with Gasteiger partial charge in [-0.05, 0) is 49.9 Å². The minimum Gasteiger partial charge on any atom is -0.494 e. The Bertz CT molecular complexity index is 1270. The summed E-state index contributed by atoms with van der Waals surface area (Å²) in [6.45, 7) is 3.49. The number of nitrogens with zero attached hydrogens (tertiary/aromatic N) is 2. The van der Waals surface area contributed by atoms with Crippen LogP contribution in [0.25, 0.3) is 0 Å². The minimum absolute atomic E-state index is 0.0576. The second-order valence-electron chi connectivity index (χ2n) is 9.44. The lowest BCUT2D eigenvalue weighted by Crippen LogP contribution is -2.36. The van der Waals surface area contributed by atoms with E-state index in [0.717, 1.165) is 5.56 Å². The van der Waals surface area contributed by atoms with Crippen LogP contribution in [0.3, 0.4) is 0 Å². The normalized spacial score (nSPS) is 17.6. The standard InChI is InChI=1S/C29H34N2O9/c1-18-25(28(34)38-3)27(21-6-4-7-22(16-21)31(36)37)26(19(2)30-18)29(35)40-15-13-20-9-11-24(12-10-20)39-14-5-8-23(33)17-32/h4,6-7,9-12,16,23,25,27,32-33H,5,8,13-15,17H2,1-3H3. The van der Waals surface area contributed by atoms with Gasteiger partial charge in [0, 0.05) is 35.9 Å². The fourth-order valence-electron chi connectivity index (χ4n) is 4.62. The van der Waals surface area contributed by atoms with Crippen molar-refractivity contribution in [1.82, 2.24) is 0 Å². The monoisotopic (exact) mass is 554 g/mol. The second-order valence-corrected chi connectivity index (χ2v) is 9.44. The molecule has 214 valence electrons. The van der Waals surface area contributed by atoms with Gasteiger partial charge >= 0.3 is 11.9 Å². The molecular formula is C29H34N2O9. The highest BCUT2D eigenvalue weighted by atomic mass is 16.6. The summed E-state index contributed by atoms with van der Waals surface area (Å²) in [7, 11) is 1.24. The maximum atomic E-state index is 13.3. The van der Waals surface area contributed by atoms with Gasteiger partial charge in [0.25, 0.3) is 5.69 Å². The number of allylic oxidation sites excluding steroid dienone is 1. The molecule has 0 bridgehead atoms. The van der Waals surface area contributed by atoms with Gasteiger partial charge in [0.05, 0.1) is 43.5 Å². The predicted molar refractivity (Wildman–Crippen MR) is 146 cm³/mol. The van der Waals surface area contributed by atoms with Gasteiger partial charge in [-0.2, -0.15) is 0 Å². The summed E-state index contributed by atoms with van der Waals surface area (Å²) in [5.74, 6) is -2.43. The molecule has 3 rings (SSSR count). The van der Waals surface area contributed by atoms with Crippen LogP contribution in [0.2, 0.25) is 0 Å². The van der Waals surface area contributed by atoms with Crippen LogP contribution in [0.15, 0.2) is 64.8 Å². The number of hydrogen-bond donors (Lipinski definition) is 2. The highest BCUT2D eigenvalue weighted by Gasteiger charge is 2.42. The lowest BCUT2D eigenvalue weighted by Gasteiger charge is -2.31. The third kappa shape index (κ3) is 7.73. The predicted octanol–water partition coefficient (Wildman–Crippen LogP) is 3.51. The highest BCUT2D eigenvalue weighted by Crippen LogP contribution is 2.41. The van der Waals surface area contributed by atoms with E-state index in [0.29, 0.717) is 48.6 Å². The van der Waals surface area contributed by atoms with Crippen LogP contribution >= 0.6 is 0 Å². The summed E-state index contributed by atoms with van der Waals surface area (Å²) in [6, 6.07) is 13.1. The summed E-state index contributed by atoms with van der Waals surface area (Å²) in [5, 5.41) is 29.6. The molecule has 0 fully saturated rings. The SMILES string of the molecule is COC(=O)C1C(C)=NC(C)=C(C(=O)OCCc2ccc(OCCCC(O)CO)cc2)C1c1cccc([N+](=O)[O-])c1.